The third kappa shape index (κ3) is 4.79. The lowest BCUT2D eigenvalue weighted by atomic mass is 10.1. The molecule has 0 radical (unpaired) electrons. The van der Waals surface area contributed by atoms with Crippen molar-refractivity contribution in [3.05, 3.63) is 35.9 Å². The van der Waals surface area contributed by atoms with E-state index < -0.39 is 8.07 Å². The Labute approximate surface area is 107 Å². The summed E-state index contributed by atoms with van der Waals surface area (Å²) in [6.45, 7) is 9.42. The van der Waals surface area contributed by atoms with Gasteiger partial charge in [-0.05, 0) is 12.0 Å². The van der Waals surface area contributed by atoms with E-state index >= 15 is 0 Å². The Morgan fingerprint density at radius 2 is 1.76 bits per heavy atom. The van der Waals surface area contributed by atoms with Crippen LogP contribution in [0.5, 0.6) is 0 Å². The van der Waals surface area contributed by atoms with Crippen LogP contribution in [0.3, 0.4) is 0 Å². The van der Waals surface area contributed by atoms with Crippen molar-refractivity contribution in [2.24, 2.45) is 0 Å². The molecule has 1 unspecified atom stereocenters. The van der Waals surface area contributed by atoms with Crippen molar-refractivity contribution in [1.29, 1.82) is 0 Å². The van der Waals surface area contributed by atoms with Gasteiger partial charge < -0.3 is 0 Å². The zero-order valence-electron chi connectivity index (χ0n) is 11.6. The van der Waals surface area contributed by atoms with Crippen LogP contribution in [0.25, 0.3) is 0 Å². The van der Waals surface area contributed by atoms with Crippen LogP contribution in [0.4, 0.5) is 0 Å². The quantitative estimate of drug-likeness (QED) is 0.404. The summed E-state index contributed by atoms with van der Waals surface area (Å²) in [5.74, 6) is 6.90. The summed E-state index contributed by atoms with van der Waals surface area (Å²) in [7, 11) is -1.26. The Hall–Kier alpha value is -1.00. The van der Waals surface area contributed by atoms with Gasteiger partial charge in [0.05, 0.1) is 8.07 Å². The molecule has 0 nitrogen and oxygen atoms in total. The second kappa shape index (κ2) is 6.66. The summed E-state index contributed by atoms with van der Waals surface area (Å²) in [5.41, 5.74) is 1.87. The van der Waals surface area contributed by atoms with Crippen LogP contribution in [0.1, 0.15) is 37.3 Å². The van der Waals surface area contributed by atoms with Crippen LogP contribution in [0.15, 0.2) is 30.3 Å². The van der Waals surface area contributed by atoms with Gasteiger partial charge in [-0.15, -0.1) is 5.92 Å². The fourth-order valence-corrected chi connectivity index (χ4v) is 3.61. The number of unbranched alkanes of at least 4 members (excludes halogenated alkanes) is 2. The molecule has 1 aromatic rings. The molecule has 0 aliphatic heterocycles. The average molecular weight is 244 g/mol. The third-order valence-electron chi connectivity index (χ3n) is 2.90. The lowest BCUT2D eigenvalue weighted by Gasteiger charge is -2.24. The summed E-state index contributed by atoms with van der Waals surface area (Å²) in [4.78, 5) is 0. The van der Waals surface area contributed by atoms with E-state index in [1.54, 1.807) is 0 Å². The molecule has 0 bridgehead atoms. The highest BCUT2D eigenvalue weighted by atomic mass is 28.3. The monoisotopic (exact) mass is 244 g/mol. The molecule has 1 rings (SSSR count). The first-order valence-corrected chi connectivity index (χ1v) is 10.2. The Morgan fingerprint density at radius 1 is 1.12 bits per heavy atom. The first-order valence-electron chi connectivity index (χ1n) is 6.59. The fraction of sp³-hybridized carbons (Fsp3) is 0.500. The van der Waals surface area contributed by atoms with Crippen molar-refractivity contribution in [2.45, 2.75) is 51.4 Å². The van der Waals surface area contributed by atoms with Crippen molar-refractivity contribution >= 4 is 8.07 Å². The lowest BCUT2D eigenvalue weighted by Crippen LogP contribution is -2.30. The topological polar surface area (TPSA) is 0 Å². The van der Waals surface area contributed by atoms with Crippen LogP contribution >= 0.6 is 0 Å². The van der Waals surface area contributed by atoms with Crippen molar-refractivity contribution in [1.82, 2.24) is 0 Å². The maximum absolute atomic E-state index is 3.52. The van der Waals surface area contributed by atoms with Gasteiger partial charge in [0.2, 0.25) is 0 Å². The lowest BCUT2D eigenvalue weighted by molar-refractivity contribution is 0.827. The highest BCUT2D eigenvalue weighted by Gasteiger charge is 2.26. The minimum atomic E-state index is -1.26. The van der Waals surface area contributed by atoms with Crippen molar-refractivity contribution in [3.63, 3.8) is 0 Å². The van der Waals surface area contributed by atoms with Gasteiger partial charge in [-0.1, -0.05) is 69.2 Å². The van der Waals surface area contributed by atoms with Crippen molar-refractivity contribution in [2.75, 3.05) is 0 Å². The van der Waals surface area contributed by atoms with Gasteiger partial charge in [-0.25, -0.2) is 0 Å². The second-order valence-electron chi connectivity index (χ2n) is 5.63. The zero-order valence-corrected chi connectivity index (χ0v) is 12.6. The molecule has 17 heavy (non-hydrogen) atoms. The van der Waals surface area contributed by atoms with Gasteiger partial charge >= 0.3 is 0 Å². The van der Waals surface area contributed by atoms with E-state index in [0.29, 0.717) is 5.54 Å². The molecule has 1 aromatic carbocycles. The van der Waals surface area contributed by atoms with Gasteiger partial charge in [0.15, 0.2) is 0 Å². The van der Waals surface area contributed by atoms with E-state index in [9.17, 15) is 0 Å². The number of hydrogen-bond donors (Lipinski definition) is 0. The minimum absolute atomic E-state index is 0.473. The standard InChI is InChI=1S/C16H24Si/c1-5-6-7-11-14-16(17(2,3)4)15-12-9-8-10-13-15/h8-10,12-13,16H,5-7H2,1-4H3. The maximum atomic E-state index is 3.52. The molecule has 0 spiro atoms. The van der Waals surface area contributed by atoms with Gasteiger partial charge in [0.25, 0.3) is 0 Å². The number of hydrogen-bond acceptors (Lipinski definition) is 0. The maximum Gasteiger partial charge on any atom is 0.0668 e. The molecule has 0 saturated heterocycles. The van der Waals surface area contributed by atoms with Crippen molar-refractivity contribution in [3.8, 4) is 11.8 Å². The van der Waals surface area contributed by atoms with E-state index in [2.05, 4.69) is 68.7 Å². The Morgan fingerprint density at radius 3 is 2.29 bits per heavy atom. The summed E-state index contributed by atoms with van der Waals surface area (Å²) in [6, 6.07) is 10.8. The summed E-state index contributed by atoms with van der Waals surface area (Å²) in [5, 5.41) is 0. The second-order valence-corrected chi connectivity index (χ2v) is 10.9. The van der Waals surface area contributed by atoms with Crippen LogP contribution < -0.4 is 0 Å². The first kappa shape index (κ1) is 14.1. The highest BCUT2D eigenvalue weighted by Crippen LogP contribution is 2.26. The first-order chi connectivity index (χ1) is 8.05. The molecule has 0 amide bonds. The molecule has 0 fully saturated rings. The fourth-order valence-electron chi connectivity index (χ4n) is 1.88. The Bertz CT molecular complexity index is 375. The molecular formula is C16H24Si. The van der Waals surface area contributed by atoms with E-state index in [4.69, 9.17) is 0 Å². The molecule has 0 N–H and O–H groups in total. The van der Waals surface area contributed by atoms with Gasteiger partial charge in [0, 0.05) is 12.0 Å². The zero-order chi connectivity index (χ0) is 12.7. The molecule has 0 heterocycles. The van der Waals surface area contributed by atoms with Gasteiger partial charge in [-0.3, -0.25) is 0 Å². The summed E-state index contributed by atoms with van der Waals surface area (Å²) < 4.78 is 0. The Balaban J connectivity index is 2.85. The van der Waals surface area contributed by atoms with Crippen LogP contribution in [-0.2, 0) is 0 Å². The van der Waals surface area contributed by atoms with Crippen LogP contribution in [0, 0.1) is 11.8 Å². The molecule has 0 aliphatic rings. The smallest absolute Gasteiger partial charge is 0.0668 e. The van der Waals surface area contributed by atoms with E-state index in [1.165, 1.54) is 18.4 Å². The number of rotatable bonds is 4. The predicted molar refractivity (Wildman–Crippen MR) is 79.8 cm³/mol. The molecule has 0 aliphatic carbocycles. The van der Waals surface area contributed by atoms with Crippen LogP contribution in [-0.4, -0.2) is 8.07 Å². The van der Waals surface area contributed by atoms with Crippen LogP contribution in [0.2, 0.25) is 19.6 Å². The summed E-state index contributed by atoms with van der Waals surface area (Å²) in [6.07, 6.45) is 3.50. The van der Waals surface area contributed by atoms with Crippen molar-refractivity contribution < 1.29 is 0 Å². The predicted octanol–water partition coefficient (Wildman–Crippen LogP) is 4.84. The normalized spacial score (nSPS) is 12.7. The number of benzene rings is 1. The SMILES string of the molecule is CCCCC#CC(c1ccccc1)[Si](C)(C)C. The molecule has 1 atom stereocenters. The molecule has 92 valence electrons. The molecule has 0 saturated carbocycles. The highest BCUT2D eigenvalue weighted by molar-refractivity contribution is 6.78. The minimum Gasteiger partial charge on any atom is -0.103 e. The average Bonchev–Trinajstić information content (AvgIpc) is 2.28. The van der Waals surface area contributed by atoms with Gasteiger partial charge in [0.1, 0.15) is 0 Å². The largest absolute Gasteiger partial charge is 0.103 e. The summed E-state index contributed by atoms with van der Waals surface area (Å²) >= 11 is 0. The third-order valence-corrected chi connectivity index (χ3v) is 5.11. The molecule has 1 heteroatoms. The van der Waals surface area contributed by atoms with Gasteiger partial charge in [-0.2, -0.15) is 0 Å². The Kier molecular flexibility index (Phi) is 5.51. The molecule has 0 aromatic heterocycles. The van der Waals surface area contributed by atoms with E-state index in [-0.39, 0.29) is 0 Å². The van der Waals surface area contributed by atoms with E-state index in [0.717, 1.165) is 6.42 Å². The van der Waals surface area contributed by atoms with E-state index in [1.807, 2.05) is 0 Å². The molecular weight excluding hydrogens is 220 g/mol.